The molecular formula is C15H22N4O2S. The van der Waals surface area contributed by atoms with E-state index in [-0.39, 0.29) is 11.8 Å². The molecule has 0 aliphatic carbocycles. The minimum absolute atomic E-state index is 0.0981. The molecule has 0 bridgehead atoms. The first-order chi connectivity index (χ1) is 10.5. The van der Waals surface area contributed by atoms with Crippen LogP contribution >= 0.6 is 11.3 Å². The standard InChI is InChI=1S/C15H22N4O2S/c1-5-6-7-8-11-17-18-15(22-11)16-14(20)12-10(4)19-21-13(12)9(2)3/h9H,5-8H2,1-4H3,(H,16,18,20). The van der Waals surface area contributed by atoms with Crippen LogP contribution in [0, 0.1) is 6.92 Å². The second-order valence-corrected chi connectivity index (χ2v) is 6.64. The molecule has 2 aromatic heterocycles. The van der Waals surface area contributed by atoms with Crippen LogP contribution in [0.15, 0.2) is 4.52 Å². The monoisotopic (exact) mass is 322 g/mol. The molecule has 0 aliphatic heterocycles. The van der Waals surface area contributed by atoms with Crippen molar-refractivity contribution in [2.75, 3.05) is 5.32 Å². The van der Waals surface area contributed by atoms with Crippen LogP contribution < -0.4 is 5.32 Å². The van der Waals surface area contributed by atoms with Crippen molar-refractivity contribution >= 4 is 22.4 Å². The lowest BCUT2D eigenvalue weighted by atomic mass is 10.0. The van der Waals surface area contributed by atoms with Crippen LogP contribution in [0.5, 0.6) is 0 Å². The normalized spacial score (nSPS) is 11.1. The summed E-state index contributed by atoms with van der Waals surface area (Å²) in [4.78, 5) is 12.4. The van der Waals surface area contributed by atoms with Gasteiger partial charge in [0.25, 0.3) is 5.91 Å². The van der Waals surface area contributed by atoms with Gasteiger partial charge in [0, 0.05) is 12.3 Å². The van der Waals surface area contributed by atoms with Gasteiger partial charge in [0.1, 0.15) is 10.6 Å². The summed E-state index contributed by atoms with van der Waals surface area (Å²) in [6, 6.07) is 0. The summed E-state index contributed by atoms with van der Waals surface area (Å²) >= 11 is 1.42. The van der Waals surface area contributed by atoms with Gasteiger partial charge in [0.2, 0.25) is 5.13 Å². The number of amides is 1. The SMILES string of the molecule is CCCCCc1nnc(NC(=O)c2c(C)noc2C(C)C)s1. The Morgan fingerprint density at radius 3 is 2.77 bits per heavy atom. The summed E-state index contributed by atoms with van der Waals surface area (Å²) in [6.45, 7) is 7.86. The lowest BCUT2D eigenvalue weighted by molar-refractivity contribution is 0.102. The zero-order chi connectivity index (χ0) is 16.1. The minimum atomic E-state index is -0.237. The van der Waals surface area contributed by atoms with E-state index in [1.807, 2.05) is 13.8 Å². The van der Waals surface area contributed by atoms with E-state index in [9.17, 15) is 4.79 Å². The third-order valence-corrected chi connectivity index (χ3v) is 4.22. The van der Waals surface area contributed by atoms with E-state index in [1.165, 1.54) is 24.2 Å². The Bertz CT molecular complexity index is 633. The Labute approximate surface area is 134 Å². The minimum Gasteiger partial charge on any atom is -0.360 e. The highest BCUT2D eigenvalue weighted by Crippen LogP contribution is 2.24. The van der Waals surface area contributed by atoms with E-state index in [4.69, 9.17) is 4.52 Å². The van der Waals surface area contributed by atoms with Gasteiger partial charge in [-0.3, -0.25) is 10.1 Å². The van der Waals surface area contributed by atoms with Crippen molar-refractivity contribution in [2.45, 2.75) is 59.3 Å². The molecule has 0 saturated carbocycles. The zero-order valence-electron chi connectivity index (χ0n) is 13.5. The first kappa shape index (κ1) is 16.6. The lowest BCUT2D eigenvalue weighted by Crippen LogP contribution is -2.14. The summed E-state index contributed by atoms with van der Waals surface area (Å²) in [7, 11) is 0. The topological polar surface area (TPSA) is 80.9 Å². The van der Waals surface area contributed by atoms with Crippen LogP contribution in [0.25, 0.3) is 0 Å². The van der Waals surface area contributed by atoms with Crippen molar-refractivity contribution in [3.8, 4) is 0 Å². The van der Waals surface area contributed by atoms with Gasteiger partial charge in [-0.25, -0.2) is 0 Å². The Hall–Kier alpha value is -1.76. The highest BCUT2D eigenvalue weighted by molar-refractivity contribution is 7.15. The van der Waals surface area contributed by atoms with Gasteiger partial charge in [-0.1, -0.05) is 50.1 Å². The van der Waals surface area contributed by atoms with Crippen LogP contribution in [0.4, 0.5) is 5.13 Å². The largest absolute Gasteiger partial charge is 0.360 e. The average Bonchev–Trinajstić information content (AvgIpc) is 3.06. The van der Waals surface area contributed by atoms with E-state index >= 15 is 0 Å². The van der Waals surface area contributed by atoms with Crippen LogP contribution in [0.2, 0.25) is 0 Å². The quantitative estimate of drug-likeness (QED) is 0.781. The highest BCUT2D eigenvalue weighted by atomic mass is 32.1. The third-order valence-electron chi connectivity index (χ3n) is 3.32. The molecular weight excluding hydrogens is 300 g/mol. The Balaban J connectivity index is 2.05. The van der Waals surface area contributed by atoms with Crippen LogP contribution in [0.3, 0.4) is 0 Å². The molecule has 120 valence electrons. The van der Waals surface area contributed by atoms with Gasteiger partial charge in [-0.05, 0) is 13.3 Å². The molecule has 7 heteroatoms. The fraction of sp³-hybridized carbons (Fsp3) is 0.600. The van der Waals surface area contributed by atoms with E-state index in [0.29, 0.717) is 22.1 Å². The van der Waals surface area contributed by atoms with Gasteiger partial charge in [0.05, 0.1) is 5.69 Å². The van der Waals surface area contributed by atoms with Crippen molar-refractivity contribution in [1.82, 2.24) is 15.4 Å². The number of carbonyl (C=O) groups is 1. The lowest BCUT2D eigenvalue weighted by Gasteiger charge is -2.04. The van der Waals surface area contributed by atoms with Crippen molar-refractivity contribution in [1.29, 1.82) is 0 Å². The fourth-order valence-corrected chi connectivity index (χ4v) is 2.93. The number of nitrogens with zero attached hydrogens (tertiary/aromatic N) is 3. The first-order valence-corrected chi connectivity index (χ1v) is 8.44. The molecule has 0 aliphatic rings. The van der Waals surface area contributed by atoms with Gasteiger partial charge >= 0.3 is 0 Å². The molecule has 1 N–H and O–H groups in total. The number of unbranched alkanes of at least 4 members (excludes halogenated alkanes) is 2. The predicted molar refractivity (Wildman–Crippen MR) is 86.4 cm³/mol. The van der Waals surface area contributed by atoms with Gasteiger partial charge in [0.15, 0.2) is 5.76 Å². The molecule has 0 atom stereocenters. The van der Waals surface area contributed by atoms with Gasteiger partial charge < -0.3 is 4.52 Å². The van der Waals surface area contributed by atoms with Crippen LogP contribution in [-0.4, -0.2) is 21.3 Å². The summed E-state index contributed by atoms with van der Waals surface area (Å²) in [6.07, 6.45) is 4.36. The highest BCUT2D eigenvalue weighted by Gasteiger charge is 2.23. The second kappa shape index (κ2) is 7.49. The van der Waals surface area contributed by atoms with Gasteiger partial charge in [-0.2, -0.15) is 0 Å². The number of aromatic nitrogens is 3. The predicted octanol–water partition coefficient (Wildman–Crippen LogP) is 3.94. The molecule has 0 spiro atoms. The van der Waals surface area contributed by atoms with Crippen LogP contribution in [0.1, 0.15) is 72.8 Å². The molecule has 22 heavy (non-hydrogen) atoms. The summed E-state index contributed by atoms with van der Waals surface area (Å²) in [5.41, 5.74) is 1.09. The van der Waals surface area contributed by atoms with Crippen molar-refractivity contribution in [3.05, 3.63) is 22.0 Å². The number of aryl methyl sites for hydroxylation is 2. The van der Waals surface area contributed by atoms with Crippen molar-refractivity contribution < 1.29 is 9.32 Å². The fourth-order valence-electron chi connectivity index (χ4n) is 2.15. The molecule has 0 unspecified atom stereocenters. The maximum absolute atomic E-state index is 12.4. The Morgan fingerprint density at radius 2 is 2.09 bits per heavy atom. The molecule has 6 nitrogen and oxygen atoms in total. The number of hydrogen-bond donors (Lipinski definition) is 1. The smallest absolute Gasteiger partial charge is 0.263 e. The maximum Gasteiger partial charge on any atom is 0.263 e. The number of hydrogen-bond acceptors (Lipinski definition) is 6. The number of anilines is 1. The summed E-state index contributed by atoms with van der Waals surface area (Å²) in [5, 5.41) is 16.3. The van der Waals surface area contributed by atoms with E-state index in [2.05, 4.69) is 27.6 Å². The van der Waals surface area contributed by atoms with E-state index < -0.39 is 0 Å². The molecule has 0 fully saturated rings. The van der Waals surface area contributed by atoms with Gasteiger partial charge in [-0.15, -0.1) is 10.2 Å². The average molecular weight is 322 g/mol. The molecule has 0 aromatic carbocycles. The molecule has 2 heterocycles. The maximum atomic E-state index is 12.4. The zero-order valence-corrected chi connectivity index (χ0v) is 14.3. The number of carbonyl (C=O) groups excluding carboxylic acids is 1. The number of nitrogens with one attached hydrogen (secondary N) is 1. The molecule has 2 rings (SSSR count). The third kappa shape index (κ3) is 3.91. The first-order valence-electron chi connectivity index (χ1n) is 7.62. The molecule has 0 radical (unpaired) electrons. The van der Waals surface area contributed by atoms with E-state index in [0.717, 1.165) is 17.8 Å². The summed E-state index contributed by atoms with van der Waals surface area (Å²) in [5.74, 6) is 0.461. The van der Waals surface area contributed by atoms with Crippen molar-refractivity contribution in [2.24, 2.45) is 0 Å². The second-order valence-electron chi connectivity index (χ2n) is 5.57. The van der Waals surface area contributed by atoms with Crippen molar-refractivity contribution in [3.63, 3.8) is 0 Å². The molecule has 2 aromatic rings. The van der Waals surface area contributed by atoms with E-state index in [1.54, 1.807) is 6.92 Å². The summed E-state index contributed by atoms with van der Waals surface area (Å²) < 4.78 is 5.24. The Kier molecular flexibility index (Phi) is 5.65. The Morgan fingerprint density at radius 1 is 1.32 bits per heavy atom. The molecule has 1 amide bonds. The molecule has 0 saturated heterocycles. The number of rotatable bonds is 7. The van der Waals surface area contributed by atoms with Crippen LogP contribution in [-0.2, 0) is 6.42 Å².